The van der Waals surface area contributed by atoms with E-state index in [1.54, 1.807) is 0 Å². The van der Waals surface area contributed by atoms with Gasteiger partial charge in [-0.1, -0.05) is 41.9 Å². The highest BCUT2D eigenvalue weighted by Gasteiger charge is 2.53. The van der Waals surface area contributed by atoms with Crippen LogP contribution in [0, 0.1) is 5.41 Å². The molecule has 4 heteroatoms. The molecule has 1 saturated carbocycles. The number of alkyl halides is 4. The summed E-state index contributed by atoms with van der Waals surface area (Å²) in [5, 5.41) is 0. The first kappa shape index (κ1) is 11.6. The molecule has 0 aromatic rings. The molecule has 0 unspecified atom stereocenters. The number of hydrogen-bond acceptors (Lipinski definition) is 0. The molecule has 1 aliphatic carbocycles. The highest BCUT2D eigenvalue weighted by atomic mass is 127. The lowest BCUT2D eigenvalue weighted by molar-refractivity contribution is -0.235. The van der Waals surface area contributed by atoms with Gasteiger partial charge in [-0.05, 0) is 19.3 Å². The number of rotatable bonds is 2. The van der Waals surface area contributed by atoms with Crippen LogP contribution < -0.4 is 0 Å². The van der Waals surface area contributed by atoms with Crippen molar-refractivity contribution < 1.29 is 13.2 Å². The minimum atomic E-state index is -3.99. The van der Waals surface area contributed by atoms with Crippen molar-refractivity contribution in [3.05, 3.63) is 0 Å². The molecule has 0 aromatic carbocycles. The topological polar surface area (TPSA) is 0 Å². The summed E-state index contributed by atoms with van der Waals surface area (Å²) in [6, 6.07) is 0. The van der Waals surface area contributed by atoms with Crippen LogP contribution in [0.3, 0.4) is 0 Å². The Balaban J connectivity index is 2.73. The smallest absolute Gasteiger partial charge is 0.171 e. The maximum Gasteiger partial charge on any atom is 0.394 e. The van der Waals surface area contributed by atoms with Crippen LogP contribution in [0.2, 0.25) is 0 Å². The minimum absolute atomic E-state index is 0.303. The van der Waals surface area contributed by atoms with Crippen molar-refractivity contribution in [2.75, 3.05) is 4.43 Å². The van der Waals surface area contributed by atoms with Gasteiger partial charge in [0.2, 0.25) is 0 Å². The van der Waals surface area contributed by atoms with Crippen LogP contribution in [0.15, 0.2) is 0 Å². The summed E-state index contributed by atoms with van der Waals surface area (Å²) >= 11 is 2.04. The van der Waals surface area contributed by atoms with Crippen LogP contribution in [0.25, 0.3) is 0 Å². The Bertz CT molecular complexity index is 153. The van der Waals surface area contributed by atoms with Gasteiger partial charge in [-0.25, -0.2) is 0 Å². The fraction of sp³-hybridized carbons (Fsp3) is 1.00. The molecule has 0 radical (unpaired) electrons. The highest BCUT2D eigenvalue weighted by Crippen LogP contribution is 2.51. The van der Waals surface area contributed by atoms with Crippen molar-refractivity contribution in [3.8, 4) is 0 Å². The summed E-state index contributed by atoms with van der Waals surface area (Å²) in [5.41, 5.74) is -1.34. The van der Waals surface area contributed by atoms with E-state index in [4.69, 9.17) is 0 Å². The van der Waals surface area contributed by atoms with Crippen molar-refractivity contribution in [3.63, 3.8) is 0 Å². The van der Waals surface area contributed by atoms with Gasteiger partial charge in [0.15, 0.2) is 0 Å². The van der Waals surface area contributed by atoms with Crippen LogP contribution in [0.4, 0.5) is 13.2 Å². The Morgan fingerprint density at radius 2 is 1.62 bits per heavy atom. The summed E-state index contributed by atoms with van der Waals surface area (Å²) in [5.74, 6) is 0. The summed E-state index contributed by atoms with van der Waals surface area (Å²) in [4.78, 5) is 0. The Kier molecular flexibility index (Phi) is 3.89. The highest BCUT2D eigenvalue weighted by molar-refractivity contribution is 14.1. The Morgan fingerprint density at radius 3 is 2.00 bits per heavy atom. The van der Waals surface area contributed by atoms with Crippen molar-refractivity contribution in [1.29, 1.82) is 0 Å². The Morgan fingerprint density at radius 1 is 1.08 bits per heavy atom. The van der Waals surface area contributed by atoms with E-state index in [1.807, 2.05) is 22.6 Å². The van der Waals surface area contributed by atoms with E-state index >= 15 is 0 Å². The van der Waals surface area contributed by atoms with Gasteiger partial charge >= 0.3 is 6.18 Å². The van der Waals surface area contributed by atoms with Crippen LogP contribution >= 0.6 is 22.6 Å². The van der Waals surface area contributed by atoms with Gasteiger partial charge in [-0.15, -0.1) is 0 Å². The zero-order valence-corrected chi connectivity index (χ0v) is 9.62. The quantitative estimate of drug-likeness (QED) is 0.526. The van der Waals surface area contributed by atoms with Crippen LogP contribution in [-0.4, -0.2) is 10.6 Å². The zero-order valence-electron chi connectivity index (χ0n) is 7.46. The lowest BCUT2D eigenvalue weighted by Crippen LogP contribution is -2.40. The van der Waals surface area contributed by atoms with E-state index in [-0.39, 0.29) is 0 Å². The van der Waals surface area contributed by atoms with Gasteiger partial charge in [0.05, 0.1) is 5.41 Å². The lowest BCUT2D eigenvalue weighted by Gasteiger charge is -2.38. The monoisotopic (exact) mass is 306 g/mol. The standard InChI is InChI=1S/C9H14F3I/c10-9(11,12)8(6-7-13)4-2-1-3-5-8/h1-7H2. The first-order valence-electron chi connectivity index (χ1n) is 4.64. The molecule has 13 heavy (non-hydrogen) atoms. The molecule has 1 rings (SSSR count). The predicted molar refractivity (Wildman–Crippen MR) is 55.1 cm³/mol. The lowest BCUT2D eigenvalue weighted by atomic mass is 9.72. The maximum absolute atomic E-state index is 12.8. The molecule has 1 aliphatic rings. The Labute approximate surface area is 90.4 Å². The average molecular weight is 306 g/mol. The second kappa shape index (κ2) is 4.36. The van der Waals surface area contributed by atoms with Crippen molar-refractivity contribution in [2.24, 2.45) is 5.41 Å². The van der Waals surface area contributed by atoms with Crippen LogP contribution in [0.1, 0.15) is 38.5 Å². The summed E-state index contributed by atoms with van der Waals surface area (Å²) in [7, 11) is 0. The summed E-state index contributed by atoms with van der Waals surface area (Å²) in [6.07, 6.45) is -0.528. The molecule has 0 atom stereocenters. The molecule has 0 N–H and O–H groups in total. The molecule has 0 amide bonds. The molecule has 0 bridgehead atoms. The van der Waals surface area contributed by atoms with Crippen molar-refractivity contribution in [1.82, 2.24) is 0 Å². The summed E-state index contributed by atoms with van der Waals surface area (Å²) in [6.45, 7) is 0. The minimum Gasteiger partial charge on any atom is -0.171 e. The molecule has 0 nitrogen and oxygen atoms in total. The maximum atomic E-state index is 12.8. The van der Waals surface area contributed by atoms with Gasteiger partial charge < -0.3 is 0 Å². The van der Waals surface area contributed by atoms with Gasteiger partial charge in [0.25, 0.3) is 0 Å². The summed E-state index contributed by atoms with van der Waals surface area (Å²) < 4.78 is 38.9. The number of halogens is 4. The normalized spacial score (nSPS) is 23.1. The second-order valence-corrected chi connectivity index (χ2v) is 4.86. The SMILES string of the molecule is FC(F)(F)C1(CCI)CCCCC1. The zero-order chi connectivity index (χ0) is 9.95. The van der Waals surface area contributed by atoms with Gasteiger partial charge in [-0.2, -0.15) is 13.2 Å². The van der Waals surface area contributed by atoms with Crippen molar-refractivity contribution >= 4 is 22.6 Å². The van der Waals surface area contributed by atoms with Gasteiger partial charge in [0.1, 0.15) is 0 Å². The van der Waals surface area contributed by atoms with E-state index in [0.29, 0.717) is 23.7 Å². The Hall–Kier alpha value is 0.520. The molecular formula is C9H14F3I. The third kappa shape index (κ3) is 2.50. The van der Waals surface area contributed by atoms with Crippen molar-refractivity contribution in [2.45, 2.75) is 44.7 Å². The third-order valence-electron chi connectivity index (χ3n) is 2.99. The van der Waals surface area contributed by atoms with Gasteiger partial charge in [0, 0.05) is 4.43 Å². The molecule has 0 heterocycles. The third-order valence-corrected chi connectivity index (χ3v) is 3.52. The number of hydrogen-bond donors (Lipinski definition) is 0. The predicted octanol–water partition coefficient (Wildman–Crippen LogP) is 4.32. The van der Waals surface area contributed by atoms with Gasteiger partial charge in [-0.3, -0.25) is 0 Å². The second-order valence-electron chi connectivity index (χ2n) is 3.78. The van der Waals surface area contributed by atoms with Crippen LogP contribution in [0.5, 0.6) is 0 Å². The van der Waals surface area contributed by atoms with E-state index < -0.39 is 11.6 Å². The fourth-order valence-electron chi connectivity index (χ4n) is 2.08. The molecular weight excluding hydrogens is 292 g/mol. The average Bonchev–Trinajstić information content (AvgIpc) is 2.04. The van der Waals surface area contributed by atoms with E-state index in [2.05, 4.69) is 0 Å². The molecule has 0 saturated heterocycles. The first-order valence-corrected chi connectivity index (χ1v) is 6.17. The molecule has 1 fully saturated rings. The molecule has 0 aliphatic heterocycles. The van der Waals surface area contributed by atoms with E-state index in [9.17, 15) is 13.2 Å². The van der Waals surface area contributed by atoms with E-state index in [0.717, 1.165) is 19.3 Å². The van der Waals surface area contributed by atoms with E-state index in [1.165, 1.54) is 0 Å². The largest absolute Gasteiger partial charge is 0.394 e. The van der Waals surface area contributed by atoms with Crippen LogP contribution in [-0.2, 0) is 0 Å². The molecule has 78 valence electrons. The molecule has 0 spiro atoms. The molecule has 0 aromatic heterocycles. The fourth-order valence-corrected chi connectivity index (χ4v) is 3.12. The first-order chi connectivity index (χ1) is 6.02.